The van der Waals surface area contributed by atoms with Gasteiger partial charge in [0.25, 0.3) is 0 Å². The largest absolute Gasteiger partial charge is 0.466 e. The van der Waals surface area contributed by atoms with Gasteiger partial charge < -0.3 is 10.5 Å². The van der Waals surface area contributed by atoms with E-state index in [0.717, 1.165) is 12.8 Å². The molecule has 0 aromatic heterocycles. The minimum Gasteiger partial charge on any atom is -0.466 e. The van der Waals surface area contributed by atoms with E-state index in [9.17, 15) is 4.79 Å². The zero-order valence-corrected chi connectivity index (χ0v) is 12.7. The molecular formula is C17H27NO2. The average Bonchev–Trinajstić information content (AvgIpc) is 2.50. The van der Waals surface area contributed by atoms with Crippen molar-refractivity contribution in [2.45, 2.75) is 52.0 Å². The SMILES string of the molecule is CC(N)c1ccccc1.CCOC(=O)C1CCCCC1. The minimum atomic E-state index is 0.0206. The molecule has 1 unspecified atom stereocenters. The minimum absolute atomic E-state index is 0.0206. The van der Waals surface area contributed by atoms with E-state index >= 15 is 0 Å². The second kappa shape index (κ2) is 9.54. The third kappa shape index (κ3) is 6.20. The number of hydrogen-bond donors (Lipinski definition) is 1. The van der Waals surface area contributed by atoms with E-state index in [1.165, 1.54) is 24.8 Å². The fourth-order valence-corrected chi connectivity index (χ4v) is 2.36. The molecular weight excluding hydrogens is 250 g/mol. The van der Waals surface area contributed by atoms with Gasteiger partial charge >= 0.3 is 5.97 Å². The van der Waals surface area contributed by atoms with Crippen molar-refractivity contribution in [1.82, 2.24) is 0 Å². The van der Waals surface area contributed by atoms with Gasteiger partial charge in [-0.25, -0.2) is 0 Å². The van der Waals surface area contributed by atoms with Crippen molar-refractivity contribution in [2.24, 2.45) is 11.7 Å². The van der Waals surface area contributed by atoms with Gasteiger partial charge in [0.15, 0.2) is 0 Å². The van der Waals surface area contributed by atoms with E-state index in [1.807, 2.05) is 44.2 Å². The molecule has 2 rings (SSSR count). The summed E-state index contributed by atoms with van der Waals surface area (Å²) in [6.07, 6.45) is 5.76. The van der Waals surface area contributed by atoms with Crippen LogP contribution >= 0.6 is 0 Å². The van der Waals surface area contributed by atoms with E-state index in [2.05, 4.69) is 0 Å². The lowest BCUT2D eigenvalue weighted by molar-refractivity contribution is -0.149. The lowest BCUT2D eigenvalue weighted by Gasteiger charge is -2.19. The van der Waals surface area contributed by atoms with Gasteiger partial charge in [-0.15, -0.1) is 0 Å². The Hall–Kier alpha value is -1.35. The molecule has 0 radical (unpaired) electrons. The van der Waals surface area contributed by atoms with Crippen LogP contribution in [-0.2, 0) is 9.53 Å². The second-order valence-electron chi connectivity index (χ2n) is 5.29. The average molecular weight is 277 g/mol. The van der Waals surface area contributed by atoms with E-state index in [4.69, 9.17) is 10.5 Å². The summed E-state index contributed by atoms with van der Waals surface area (Å²) in [4.78, 5) is 11.2. The number of esters is 1. The highest BCUT2D eigenvalue weighted by Gasteiger charge is 2.21. The Kier molecular flexibility index (Phi) is 7.97. The molecule has 0 amide bonds. The van der Waals surface area contributed by atoms with Crippen LogP contribution in [0.4, 0.5) is 0 Å². The van der Waals surface area contributed by atoms with Crippen LogP contribution in [0.5, 0.6) is 0 Å². The Morgan fingerprint density at radius 3 is 2.30 bits per heavy atom. The van der Waals surface area contributed by atoms with Crippen LogP contribution in [-0.4, -0.2) is 12.6 Å². The highest BCUT2D eigenvalue weighted by molar-refractivity contribution is 5.72. The van der Waals surface area contributed by atoms with E-state index in [-0.39, 0.29) is 17.9 Å². The summed E-state index contributed by atoms with van der Waals surface area (Å²) in [5.74, 6) is 0.232. The summed E-state index contributed by atoms with van der Waals surface area (Å²) in [5, 5.41) is 0. The molecule has 0 spiro atoms. The number of ether oxygens (including phenoxy) is 1. The topological polar surface area (TPSA) is 52.3 Å². The van der Waals surface area contributed by atoms with Gasteiger partial charge in [-0.05, 0) is 32.3 Å². The number of nitrogens with two attached hydrogens (primary N) is 1. The lowest BCUT2D eigenvalue weighted by atomic mass is 9.89. The highest BCUT2D eigenvalue weighted by Crippen LogP contribution is 2.24. The molecule has 2 N–H and O–H groups in total. The first-order chi connectivity index (χ1) is 9.65. The summed E-state index contributed by atoms with van der Waals surface area (Å²) in [5.41, 5.74) is 6.81. The van der Waals surface area contributed by atoms with Crippen molar-refractivity contribution in [1.29, 1.82) is 0 Å². The van der Waals surface area contributed by atoms with Gasteiger partial charge in [0.05, 0.1) is 12.5 Å². The number of benzene rings is 1. The number of rotatable bonds is 3. The van der Waals surface area contributed by atoms with Crippen molar-refractivity contribution in [3.05, 3.63) is 35.9 Å². The van der Waals surface area contributed by atoms with Crippen molar-refractivity contribution >= 4 is 5.97 Å². The Bertz CT molecular complexity index is 370. The third-order valence-corrected chi connectivity index (χ3v) is 3.55. The van der Waals surface area contributed by atoms with Crippen molar-refractivity contribution in [3.8, 4) is 0 Å². The fourth-order valence-electron chi connectivity index (χ4n) is 2.36. The molecule has 1 aromatic rings. The van der Waals surface area contributed by atoms with Gasteiger partial charge in [0.2, 0.25) is 0 Å². The normalized spacial score (nSPS) is 16.8. The molecule has 20 heavy (non-hydrogen) atoms. The molecule has 0 saturated heterocycles. The van der Waals surface area contributed by atoms with Crippen LogP contribution in [0.3, 0.4) is 0 Å². The van der Waals surface area contributed by atoms with Gasteiger partial charge in [0, 0.05) is 6.04 Å². The standard InChI is InChI=1S/C9H16O2.C8H11N/c1-2-11-9(10)8-6-4-3-5-7-8;1-7(9)8-5-3-2-4-6-8/h8H,2-7H2,1H3;2-7H,9H2,1H3. The predicted molar refractivity (Wildman–Crippen MR) is 82.3 cm³/mol. The summed E-state index contributed by atoms with van der Waals surface area (Å²) in [7, 11) is 0. The fraction of sp³-hybridized carbons (Fsp3) is 0.588. The first kappa shape index (κ1) is 16.7. The van der Waals surface area contributed by atoms with Crippen LogP contribution in [0.25, 0.3) is 0 Å². The zero-order chi connectivity index (χ0) is 14.8. The molecule has 1 atom stereocenters. The maximum Gasteiger partial charge on any atom is 0.308 e. The van der Waals surface area contributed by atoms with E-state index in [1.54, 1.807) is 0 Å². The molecule has 1 aromatic carbocycles. The Morgan fingerprint density at radius 1 is 1.25 bits per heavy atom. The molecule has 0 aliphatic heterocycles. The van der Waals surface area contributed by atoms with Gasteiger partial charge in [-0.2, -0.15) is 0 Å². The van der Waals surface area contributed by atoms with Crippen LogP contribution in [0, 0.1) is 5.92 Å². The van der Waals surface area contributed by atoms with Crippen molar-refractivity contribution in [2.75, 3.05) is 6.61 Å². The summed E-state index contributed by atoms with van der Waals surface area (Å²) >= 11 is 0. The van der Waals surface area contributed by atoms with Crippen LogP contribution in [0.15, 0.2) is 30.3 Å². The first-order valence-corrected chi connectivity index (χ1v) is 7.62. The summed E-state index contributed by atoms with van der Waals surface area (Å²) in [6.45, 7) is 4.37. The third-order valence-electron chi connectivity index (χ3n) is 3.55. The van der Waals surface area contributed by atoms with Crippen LogP contribution < -0.4 is 5.73 Å². The summed E-state index contributed by atoms with van der Waals surface area (Å²) < 4.78 is 4.94. The second-order valence-corrected chi connectivity index (χ2v) is 5.29. The number of carbonyl (C=O) groups is 1. The smallest absolute Gasteiger partial charge is 0.308 e. The van der Waals surface area contributed by atoms with Crippen LogP contribution in [0.1, 0.15) is 57.6 Å². The quantitative estimate of drug-likeness (QED) is 0.854. The first-order valence-electron chi connectivity index (χ1n) is 7.62. The monoisotopic (exact) mass is 277 g/mol. The van der Waals surface area contributed by atoms with Crippen molar-refractivity contribution in [3.63, 3.8) is 0 Å². The van der Waals surface area contributed by atoms with Gasteiger partial charge in [-0.1, -0.05) is 49.6 Å². The Labute approximate surface area is 122 Å². The molecule has 3 nitrogen and oxygen atoms in total. The summed E-state index contributed by atoms with van der Waals surface area (Å²) in [6, 6.07) is 10.2. The van der Waals surface area contributed by atoms with E-state index < -0.39 is 0 Å². The Balaban J connectivity index is 0.000000204. The molecule has 0 bridgehead atoms. The van der Waals surface area contributed by atoms with Gasteiger partial charge in [0.1, 0.15) is 0 Å². The maximum absolute atomic E-state index is 11.2. The molecule has 0 heterocycles. The maximum atomic E-state index is 11.2. The predicted octanol–water partition coefficient (Wildman–Crippen LogP) is 3.84. The molecule has 1 aliphatic carbocycles. The number of carbonyl (C=O) groups excluding carboxylic acids is 1. The molecule has 1 fully saturated rings. The zero-order valence-electron chi connectivity index (χ0n) is 12.7. The van der Waals surface area contributed by atoms with E-state index in [0.29, 0.717) is 6.61 Å². The molecule has 112 valence electrons. The lowest BCUT2D eigenvalue weighted by Crippen LogP contribution is -2.20. The molecule has 3 heteroatoms. The Morgan fingerprint density at radius 2 is 1.85 bits per heavy atom. The molecule has 1 aliphatic rings. The number of hydrogen-bond acceptors (Lipinski definition) is 3. The van der Waals surface area contributed by atoms with Crippen molar-refractivity contribution < 1.29 is 9.53 Å². The highest BCUT2D eigenvalue weighted by atomic mass is 16.5. The van der Waals surface area contributed by atoms with Gasteiger partial charge in [-0.3, -0.25) is 4.79 Å². The van der Waals surface area contributed by atoms with Crippen LogP contribution in [0.2, 0.25) is 0 Å². The molecule has 1 saturated carbocycles.